The minimum absolute atomic E-state index is 0.276. The predicted molar refractivity (Wildman–Crippen MR) is 96.7 cm³/mol. The maximum atomic E-state index is 12.2. The van der Waals surface area contributed by atoms with Gasteiger partial charge < -0.3 is 10.2 Å². The molecule has 1 unspecified atom stereocenters. The molecule has 1 aliphatic rings. The zero-order valence-corrected chi connectivity index (χ0v) is 14.5. The Hall–Kier alpha value is -2.14. The van der Waals surface area contributed by atoms with Crippen LogP contribution in [0.3, 0.4) is 0 Å². The van der Waals surface area contributed by atoms with E-state index < -0.39 is 0 Å². The summed E-state index contributed by atoms with van der Waals surface area (Å²) in [4.78, 5) is 14.5. The summed E-state index contributed by atoms with van der Waals surface area (Å²) in [6.07, 6.45) is 4.73. The molecule has 0 radical (unpaired) electrons. The number of amides is 1. The van der Waals surface area contributed by atoms with Crippen LogP contribution in [0.4, 0.5) is 11.5 Å². The van der Waals surface area contributed by atoms with Gasteiger partial charge in [0.05, 0.1) is 0 Å². The van der Waals surface area contributed by atoms with Crippen molar-refractivity contribution in [3.05, 3.63) is 47.1 Å². The number of carbonyl (C=O) groups is 1. The molecule has 0 aliphatic carbocycles. The first-order valence-electron chi connectivity index (χ1n) is 8.34. The number of halogens is 1. The highest BCUT2D eigenvalue weighted by atomic mass is 35.5. The fourth-order valence-electron chi connectivity index (χ4n) is 3.05. The Labute approximate surface area is 147 Å². The second-order valence-electron chi connectivity index (χ2n) is 5.99. The normalized spacial score (nSPS) is 17.6. The molecule has 0 bridgehead atoms. The van der Waals surface area contributed by atoms with Gasteiger partial charge in [0.2, 0.25) is 0 Å². The van der Waals surface area contributed by atoms with Crippen molar-refractivity contribution in [1.29, 1.82) is 0 Å². The molecule has 1 N–H and O–H groups in total. The zero-order valence-electron chi connectivity index (χ0n) is 13.7. The molecule has 1 amide bonds. The molecule has 1 aromatic carbocycles. The topological polar surface area (TPSA) is 58.1 Å². The molecule has 1 saturated heterocycles. The second-order valence-corrected chi connectivity index (χ2v) is 6.43. The molecule has 0 saturated carbocycles. The molecule has 1 aromatic heterocycles. The van der Waals surface area contributed by atoms with Gasteiger partial charge in [-0.2, -0.15) is 0 Å². The van der Waals surface area contributed by atoms with Crippen molar-refractivity contribution < 1.29 is 4.79 Å². The number of nitrogens with zero attached hydrogens (tertiary/aromatic N) is 3. The summed E-state index contributed by atoms with van der Waals surface area (Å²) in [5.74, 6) is 0.576. The summed E-state index contributed by atoms with van der Waals surface area (Å²) in [6.45, 7) is 3.20. The Morgan fingerprint density at radius 2 is 2.00 bits per heavy atom. The third-order valence-electron chi connectivity index (χ3n) is 4.38. The maximum Gasteiger partial charge on any atom is 0.276 e. The molecule has 24 heavy (non-hydrogen) atoms. The maximum absolute atomic E-state index is 12.2. The molecule has 6 heteroatoms. The van der Waals surface area contributed by atoms with Crippen LogP contribution in [0, 0.1) is 0 Å². The van der Waals surface area contributed by atoms with Crippen molar-refractivity contribution in [2.75, 3.05) is 16.8 Å². The van der Waals surface area contributed by atoms with E-state index >= 15 is 0 Å². The molecule has 126 valence electrons. The lowest BCUT2D eigenvalue weighted by molar-refractivity contribution is 0.102. The predicted octanol–water partition coefficient (Wildman–Crippen LogP) is 4.15. The molecule has 0 spiro atoms. The van der Waals surface area contributed by atoms with Crippen LogP contribution in [0.25, 0.3) is 0 Å². The Balaban J connectivity index is 1.69. The highest BCUT2D eigenvalue weighted by molar-refractivity contribution is 6.30. The number of rotatable bonds is 4. The summed E-state index contributed by atoms with van der Waals surface area (Å²) >= 11 is 5.84. The van der Waals surface area contributed by atoms with E-state index in [2.05, 4.69) is 27.3 Å². The number of nitrogens with one attached hydrogen (secondary N) is 1. The van der Waals surface area contributed by atoms with Gasteiger partial charge in [0.15, 0.2) is 11.5 Å². The molecule has 1 aliphatic heterocycles. The second kappa shape index (κ2) is 7.62. The average Bonchev–Trinajstić information content (AvgIpc) is 2.63. The Morgan fingerprint density at radius 1 is 1.21 bits per heavy atom. The van der Waals surface area contributed by atoms with E-state index in [0.717, 1.165) is 18.8 Å². The van der Waals surface area contributed by atoms with E-state index in [4.69, 9.17) is 11.6 Å². The summed E-state index contributed by atoms with van der Waals surface area (Å²) in [5, 5.41) is 11.8. The standard InChI is InChI=1S/C18H21ClN4O/c1-2-15-5-3-4-12-23(15)17-11-10-16(21-22-17)18(24)20-14-8-6-13(19)7-9-14/h6-11,15H,2-5,12H2,1H3,(H,20,24). The fourth-order valence-corrected chi connectivity index (χ4v) is 3.18. The quantitative estimate of drug-likeness (QED) is 0.905. The van der Waals surface area contributed by atoms with Crippen molar-refractivity contribution in [3.63, 3.8) is 0 Å². The van der Waals surface area contributed by atoms with Crippen LogP contribution >= 0.6 is 11.6 Å². The van der Waals surface area contributed by atoms with Crippen molar-refractivity contribution in [2.24, 2.45) is 0 Å². The van der Waals surface area contributed by atoms with Crippen LogP contribution in [0.5, 0.6) is 0 Å². The number of piperidine rings is 1. The van der Waals surface area contributed by atoms with E-state index in [1.807, 2.05) is 6.07 Å². The van der Waals surface area contributed by atoms with Gasteiger partial charge in [-0.15, -0.1) is 10.2 Å². The van der Waals surface area contributed by atoms with Crippen LogP contribution in [0.2, 0.25) is 5.02 Å². The first-order chi connectivity index (χ1) is 11.7. The Bertz CT molecular complexity index is 687. The minimum atomic E-state index is -0.276. The molecular formula is C18H21ClN4O. The summed E-state index contributed by atoms with van der Waals surface area (Å²) in [7, 11) is 0. The van der Waals surface area contributed by atoms with Gasteiger partial charge in [0.1, 0.15) is 0 Å². The van der Waals surface area contributed by atoms with Crippen LogP contribution in [0.1, 0.15) is 43.1 Å². The van der Waals surface area contributed by atoms with Crippen LogP contribution in [-0.2, 0) is 0 Å². The SMILES string of the molecule is CCC1CCCCN1c1ccc(C(=O)Nc2ccc(Cl)cc2)nn1. The van der Waals surface area contributed by atoms with E-state index in [1.165, 1.54) is 19.3 Å². The van der Waals surface area contributed by atoms with E-state index in [9.17, 15) is 4.79 Å². The van der Waals surface area contributed by atoms with Gasteiger partial charge in [-0.25, -0.2) is 0 Å². The van der Waals surface area contributed by atoms with Gasteiger partial charge >= 0.3 is 0 Å². The number of hydrogen-bond donors (Lipinski definition) is 1. The van der Waals surface area contributed by atoms with Gasteiger partial charge in [0, 0.05) is 23.3 Å². The van der Waals surface area contributed by atoms with Crippen LogP contribution in [0.15, 0.2) is 36.4 Å². The average molecular weight is 345 g/mol. The highest BCUT2D eigenvalue weighted by Gasteiger charge is 2.22. The number of hydrogen-bond acceptors (Lipinski definition) is 4. The fraction of sp³-hybridized carbons (Fsp3) is 0.389. The first-order valence-corrected chi connectivity index (χ1v) is 8.72. The van der Waals surface area contributed by atoms with Gasteiger partial charge in [0.25, 0.3) is 5.91 Å². The highest BCUT2D eigenvalue weighted by Crippen LogP contribution is 2.24. The summed E-state index contributed by atoms with van der Waals surface area (Å²) in [6, 6.07) is 11.1. The summed E-state index contributed by atoms with van der Waals surface area (Å²) in [5.41, 5.74) is 0.983. The smallest absolute Gasteiger partial charge is 0.276 e. The molecule has 5 nitrogen and oxygen atoms in total. The van der Waals surface area contributed by atoms with Crippen LogP contribution < -0.4 is 10.2 Å². The number of benzene rings is 1. The van der Waals surface area contributed by atoms with Crippen LogP contribution in [-0.4, -0.2) is 28.7 Å². The number of aromatic nitrogens is 2. The molecule has 1 fully saturated rings. The van der Waals surface area contributed by atoms with E-state index in [0.29, 0.717) is 22.4 Å². The minimum Gasteiger partial charge on any atom is -0.352 e. The molecule has 1 atom stereocenters. The van der Waals surface area contributed by atoms with Gasteiger partial charge in [-0.1, -0.05) is 18.5 Å². The number of anilines is 2. The third kappa shape index (κ3) is 3.85. The largest absolute Gasteiger partial charge is 0.352 e. The van der Waals surface area contributed by atoms with Crippen molar-refractivity contribution >= 4 is 29.0 Å². The Kier molecular flexibility index (Phi) is 5.30. The van der Waals surface area contributed by atoms with Gasteiger partial charge in [-0.05, 0) is 62.1 Å². The zero-order chi connectivity index (χ0) is 16.9. The monoisotopic (exact) mass is 344 g/mol. The molecule has 3 rings (SSSR count). The van der Waals surface area contributed by atoms with Gasteiger partial charge in [-0.3, -0.25) is 4.79 Å². The van der Waals surface area contributed by atoms with Crippen molar-refractivity contribution in [1.82, 2.24) is 10.2 Å². The molecule has 2 aromatic rings. The summed E-state index contributed by atoms with van der Waals surface area (Å²) < 4.78 is 0. The van der Waals surface area contributed by atoms with E-state index in [-0.39, 0.29) is 5.91 Å². The third-order valence-corrected chi connectivity index (χ3v) is 4.63. The first kappa shape index (κ1) is 16.7. The van der Waals surface area contributed by atoms with Crippen molar-refractivity contribution in [2.45, 2.75) is 38.6 Å². The lowest BCUT2D eigenvalue weighted by Gasteiger charge is -2.35. The Morgan fingerprint density at radius 3 is 2.67 bits per heavy atom. The van der Waals surface area contributed by atoms with E-state index in [1.54, 1.807) is 30.3 Å². The molecular weight excluding hydrogens is 324 g/mol. The lowest BCUT2D eigenvalue weighted by atomic mass is 10.0. The van der Waals surface area contributed by atoms with Crippen molar-refractivity contribution in [3.8, 4) is 0 Å². The number of carbonyl (C=O) groups excluding carboxylic acids is 1. The molecule has 2 heterocycles. The lowest BCUT2D eigenvalue weighted by Crippen LogP contribution is -2.39.